The Morgan fingerprint density at radius 3 is 2.12 bits per heavy atom. The van der Waals surface area contributed by atoms with Crippen LogP contribution in [0.3, 0.4) is 0 Å². The fraction of sp³-hybridized carbons (Fsp3) is 0. The van der Waals surface area contributed by atoms with Crippen molar-refractivity contribution in [3.8, 4) is 0 Å². The highest BCUT2D eigenvalue weighted by Gasteiger charge is 2.02. The number of benzene rings is 2. The summed E-state index contributed by atoms with van der Waals surface area (Å²) in [5.41, 5.74) is 1.97. The van der Waals surface area contributed by atoms with E-state index in [1.54, 1.807) is 0 Å². The fourth-order valence-electron chi connectivity index (χ4n) is 1.39. The van der Waals surface area contributed by atoms with E-state index < -0.39 is 0 Å². The van der Waals surface area contributed by atoms with E-state index in [4.69, 9.17) is 12.2 Å². The first-order valence-electron chi connectivity index (χ1n) is 5.13. The van der Waals surface area contributed by atoms with Gasteiger partial charge in [0.15, 0.2) is 0 Å². The lowest BCUT2D eigenvalue weighted by molar-refractivity contribution is 1.52. The van der Waals surface area contributed by atoms with Crippen LogP contribution in [0.25, 0.3) is 0 Å². The quantitative estimate of drug-likeness (QED) is 0.460. The summed E-state index contributed by atoms with van der Waals surface area (Å²) in [5, 5.41) is 0.867. The summed E-state index contributed by atoms with van der Waals surface area (Å²) >= 11 is 6.12. The molecule has 0 saturated carbocycles. The predicted molar refractivity (Wildman–Crippen MR) is 79.3 cm³/mol. The van der Waals surface area contributed by atoms with Gasteiger partial charge in [-0.1, -0.05) is 72.5 Å². The number of rotatable bonds is 3. The van der Waals surface area contributed by atoms with Crippen LogP contribution in [0.2, 0.25) is 0 Å². The Labute approximate surface area is 111 Å². The molecule has 0 N–H and O–H groups in total. The van der Waals surface area contributed by atoms with Crippen LogP contribution in [-0.4, -0.2) is 9.74 Å². The molecular weight excluding hydrogens is 246 g/mol. The van der Waals surface area contributed by atoms with E-state index in [0.29, 0.717) is 0 Å². The lowest BCUT2D eigenvalue weighted by Gasteiger charge is -2.02. The monoisotopic (exact) mass is 256 g/mol. The van der Waals surface area contributed by atoms with Crippen LogP contribution in [0, 0.1) is 0 Å². The molecule has 0 atom stereocenters. The minimum atomic E-state index is 0.867. The molecule has 0 fully saturated rings. The molecule has 17 heavy (non-hydrogen) atoms. The Balaban J connectivity index is 2.36. The highest BCUT2D eigenvalue weighted by molar-refractivity contribution is 8.31. The number of aliphatic imine (C=N–C) groups is 1. The largest absolute Gasteiger partial charge is 0.241 e. The Kier molecular flexibility index (Phi) is 4.47. The Morgan fingerprint density at radius 2 is 1.53 bits per heavy atom. The van der Waals surface area contributed by atoms with E-state index in [2.05, 4.69) is 9.69 Å². The summed E-state index contributed by atoms with van der Waals surface area (Å²) in [4.78, 5) is 4.57. The van der Waals surface area contributed by atoms with Crippen LogP contribution in [-0.2, 0) is 0 Å². The van der Waals surface area contributed by atoms with Crippen LogP contribution < -0.4 is 0 Å². The molecule has 0 spiro atoms. The molecule has 3 heteroatoms. The third-order valence-electron chi connectivity index (χ3n) is 2.15. The molecule has 0 aliphatic carbocycles. The van der Waals surface area contributed by atoms with E-state index >= 15 is 0 Å². The molecule has 0 saturated heterocycles. The van der Waals surface area contributed by atoms with Gasteiger partial charge in [0, 0.05) is 5.56 Å². The topological polar surface area (TPSA) is 12.4 Å². The van der Waals surface area contributed by atoms with Crippen molar-refractivity contribution in [3.63, 3.8) is 0 Å². The normalized spacial score (nSPS) is 11.2. The summed E-state index contributed by atoms with van der Waals surface area (Å²) in [7, 11) is 0. The average Bonchev–Trinajstić information content (AvgIpc) is 2.40. The highest BCUT2D eigenvalue weighted by atomic mass is 32.2. The fourth-order valence-corrected chi connectivity index (χ4v) is 2.11. The maximum atomic E-state index is 4.78. The number of thioether (sulfide) groups is 1. The van der Waals surface area contributed by atoms with Crippen molar-refractivity contribution >= 4 is 39.4 Å². The van der Waals surface area contributed by atoms with Crippen molar-refractivity contribution in [1.29, 1.82) is 0 Å². The lowest BCUT2D eigenvalue weighted by Crippen LogP contribution is -1.93. The van der Waals surface area contributed by atoms with Gasteiger partial charge in [0.2, 0.25) is 0 Å². The first-order chi connectivity index (χ1) is 8.40. The van der Waals surface area contributed by atoms with Gasteiger partial charge >= 0.3 is 0 Å². The average molecular weight is 256 g/mol. The molecule has 2 aromatic rings. The maximum absolute atomic E-state index is 4.78. The second-order valence-electron chi connectivity index (χ2n) is 3.30. The maximum Gasteiger partial charge on any atom is 0.110 e. The van der Waals surface area contributed by atoms with Gasteiger partial charge in [-0.25, -0.2) is 4.99 Å². The molecule has 0 heterocycles. The summed E-state index contributed by atoms with van der Waals surface area (Å²) in [6.45, 7) is 0. The van der Waals surface area contributed by atoms with E-state index in [1.165, 1.54) is 11.8 Å². The molecule has 2 aromatic carbocycles. The number of hydrogen-bond donors (Lipinski definition) is 0. The zero-order chi connectivity index (χ0) is 11.9. The summed E-state index contributed by atoms with van der Waals surface area (Å²) in [6, 6.07) is 19.8. The standard InChI is InChI=1S/C14H10NS2/c16-11-17-14(12-7-3-1-4-8-12)15-13-9-5-2-6-10-13/h1-10H. The van der Waals surface area contributed by atoms with Crippen molar-refractivity contribution in [2.24, 2.45) is 4.99 Å². The molecule has 0 aliphatic heterocycles. The zero-order valence-electron chi connectivity index (χ0n) is 9.04. The molecule has 0 aliphatic rings. The van der Waals surface area contributed by atoms with Gasteiger partial charge in [-0.15, -0.1) is 0 Å². The van der Waals surface area contributed by atoms with E-state index in [1.807, 2.05) is 60.7 Å². The van der Waals surface area contributed by atoms with Gasteiger partial charge in [-0.2, -0.15) is 0 Å². The first kappa shape index (κ1) is 12.0. The third-order valence-corrected chi connectivity index (χ3v) is 3.00. The molecule has 2 rings (SSSR count). The van der Waals surface area contributed by atoms with Crippen molar-refractivity contribution in [1.82, 2.24) is 0 Å². The van der Waals surface area contributed by atoms with Crippen molar-refractivity contribution < 1.29 is 0 Å². The number of nitrogens with zero attached hydrogens (tertiary/aromatic N) is 1. The van der Waals surface area contributed by atoms with Crippen molar-refractivity contribution in [3.05, 3.63) is 66.2 Å². The minimum Gasteiger partial charge on any atom is -0.241 e. The molecule has 1 nitrogen and oxygen atoms in total. The number of thiocarbonyl (C=S) groups is 1. The zero-order valence-corrected chi connectivity index (χ0v) is 10.7. The van der Waals surface area contributed by atoms with Gasteiger partial charge in [0.1, 0.15) is 9.74 Å². The van der Waals surface area contributed by atoms with Gasteiger partial charge in [0.05, 0.1) is 5.69 Å². The summed E-state index contributed by atoms with van der Waals surface area (Å²) in [6.07, 6.45) is 0. The van der Waals surface area contributed by atoms with Crippen LogP contribution in [0.15, 0.2) is 65.7 Å². The van der Waals surface area contributed by atoms with Crippen LogP contribution >= 0.6 is 24.0 Å². The Bertz CT molecular complexity index is 506. The minimum absolute atomic E-state index is 0.867. The summed E-state index contributed by atoms with van der Waals surface area (Å²) in [5.74, 6) is 0. The Morgan fingerprint density at radius 1 is 0.941 bits per heavy atom. The Hall–Kier alpha value is -1.45. The molecule has 0 amide bonds. The number of para-hydroxylation sites is 1. The molecule has 83 valence electrons. The van der Waals surface area contributed by atoms with Crippen LogP contribution in [0.4, 0.5) is 5.69 Å². The van der Waals surface area contributed by atoms with Gasteiger partial charge in [0.25, 0.3) is 0 Å². The smallest absolute Gasteiger partial charge is 0.110 e. The van der Waals surface area contributed by atoms with Crippen LogP contribution in [0.5, 0.6) is 0 Å². The second-order valence-corrected chi connectivity index (χ2v) is 4.56. The highest BCUT2D eigenvalue weighted by Crippen LogP contribution is 2.18. The summed E-state index contributed by atoms with van der Waals surface area (Å²) < 4.78 is 2.66. The van der Waals surface area contributed by atoms with E-state index in [0.717, 1.165) is 16.3 Å². The van der Waals surface area contributed by atoms with Gasteiger partial charge < -0.3 is 0 Å². The van der Waals surface area contributed by atoms with E-state index in [-0.39, 0.29) is 0 Å². The van der Waals surface area contributed by atoms with Gasteiger partial charge in [-0.3, -0.25) is 0 Å². The third kappa shape index (κ3) is 3.51. The second kappa shape index (κ2) is 6.33. The molecule has 0 bridgehead atoms. The van der Waals surface area contributed by atoms with Gasteiger partial charge in [-0.05, 0) is 12.1 Å². The van der Waals surface area contributed by atoms with Crippen LogP contribution in [0.1, 0.15) is 5.56 Å². The SMILES string of the molecule is S=[C]SC(=Nc1ccccc1)c1ccccc1. The molecular formula is C14H10NS2. The predicted octanol–water partition coefficient (Wildman–Crippen LogP) is 4.33. The van der Waals surface area contributed by atoms with Crippen molar-refractivity contribution in [2.75, 3.05) is 0 Å². The van der Waals surface area contributed by atoms with E-state index in [9.17, 15) is 0 Å². The molecule has 1 radical (unpaired) electrons. The molecule has 0 unspecified atom stereocenters. The molecule has 0 aromatic heterocycles. The lowest BCUT2D eigenvalue weighted by atomic mass is 10.2. The number of hydrogen-bond acceptors (Lipinski definition) is 3. The first-order valence-corrected chi connectivity index (χ1v) is 6.36. The van der Waals surface area contributed by atoms with Crippen molar-refractivity contribution in [2.45, 2.75) is 0 Å².